The van der Waals surface area contributed by atoms with Gasteiger partial charge in [0.05, 0.1) is 0 Å². The summed E-state index contributed by atoms with van der Waals surface area (Å²) >= 11 is 0. The zero-order valence-electron chi connectivity index (χ0n) is 16.2. The second-order valence-electron chi connectivity index (χ2n) is 7.42. The summed E-state index contributed by atoms with van der Waals surface area (Å²) in [5.41, 5.74) is 2.56. The van der Waals surface area contributed by atoms with Gasteiger partial charge in [-0.25, -0.2) is 0 Å². The number of hydrogen-bond acceptors (Lipinski definition) is 3. The molecular formula is C23H30O3. The van der Waals surface area contributed by atoms with Crippen molar-refractivity contribution in [3.63, 3.8) is 0 Å². The summed E-state index contributed by atoms with van der Waals surface area (Å²) in [5.74, 6) is 2.10. The zero-order chi connectivity index (χ0) is 19.1. The molecule has 2 atom stereocenters. The van der Waals surface area contributed by atoms with Gasteiger partial charge in [0.1, 0.15) is 11.5 Å². The van der Waals surface area contributed by atoms with Crippen molar-refractivity contribution in [1.29, 1.82) is 0 Å². The van der Waals surface area contributed by atoms with Crippen molar-refractivity contribution in [2.75, 3.05) is 0 Å². The van der Waals surface area contributed by atoms with Crippen LogP contribution in [0.3, 0.4) is 0 Å². The normalized spacial score (nSPS) is 13.4. The number of ether oxygens (including phenoxy) is 1. The van der Waals surface area contributed by atoms with Gasteiger partial charge in [-0.1, -0.05) is 45.0 Å². The van der Waals surface area contributed by atoms with Crippen molar-refractivity contribution in [3.05, 3.63) is 59.7 Å². The molecule has 0 aliphatic rings. The molecule has 0 bridgehead atoms. The average Bonchev–Trinajstić information content (AvgIpc) is 2.59. The molecule has 0 heterocycles. The van der Waals surface area contributed by atoms with Crippen molar-refractivity contribution in [1.82, 2.24) is 0 Å². The van der Waals surface area contributed by atoms with Gasteiger partial charge in [0.15, 0.2) is 0 Å². The van der Waals surface area contributed by atoms with Gasteiger partial charge in [0.2, 0.25) is 0 Å². The third-order valence-electron chi connectivity index (χ3n) is 4.80. The van der Waals surface area contributed by atoms with E-state index in [-0.39, 0.29) is 5.97 Å². The molecule has 0 spiro atoms. The largest absolute Gasteiger partial charge is 0.508 e. The monoisotopic (exact) mass is 354 g/mol. The van der Waals surface area contributed by atoms with Crippen LogP contribution in [-0.4, -0.2) is 11.1 Å². The molecule has 140 valence electrons. The van der Waals surface area contributed by atoms with E-state index in [2.05, 4.69) is 32.9 Å². The van der Waals surface area contributed by atoms with Crippen molar-refractivity contribution >= 4 is 5.97 Å². The van der Waals surface area contributed by atoms with Crippen molar-refractivity contribution < 1.29 is 14.6 Å². The van der Waals surface area contributed by atoms with Crippen LogP contribution < -0.4 is 4.74 Å². The molecule has 3 heteroatoms. The number of phenols is 1. The third kappa shape index (κ3) is 5.91. The lowest BCUT2D eigenvalue weighted by atomic mass is 9.80. The van der Waals surface area contributed by atoms with Crippen LogP contribution >= 0.6 is 0 Å². The van der Waals surface area contributed by atoms with Crippen LogP contribution in [-0.2, 0) is 4.79 Å². The minimum atomic E-state index is -0.296. The fraction of sp³-hybridized carbons (Fsp3) is 0.435. The number of carbonyl (C=O) groups is 1. The predicted molar refractivity (Wildman–Crippen MR) is 106 cm³/mol. The quantitative estimate of drug-likeness (QED) is 0.465. The van der Waals surface area contributed by atoms with Crippen LogP contribution in [0.1, 0.15) is 69.9 Å². The lowest BCUT2D eigenvalue weighted by Gasteiger charge is -2.25. The van der Waals surface area contributed by atoms with E-state index in [9.17, 15) is 9.90 Å². The van der Waals surface area contributed by atoms with Crippen LogP contribution in [0.5, 0.6) is 11.5 Å². The zero-order valence-corrected chi connectivity index (χ0v) is 16.2. The molecule has 0 aliphatic heterocycles. The highest BCUT2D eigenvalue weighted by molar-refractivity contribution is 5.69. The van der Waals surface area contributed by atoms with Gasteiger partial charge in [-0.3, -0.25) is 4.79 Å². The standard InChI is InChI=1S/C23H30O3/c1-5-18(19-6-10-22(25)11-7-19)15-21(14-16(2)3)20-8-12-23(13-9-20)26-17(4)24/h6-13,16,18,21,25H,5,14-15H2,1-4H3. The molecule has 0 aromatic heterocycles. The lowest BCUT2D eigenvalue weighted by Crippen LogP contribution is -2.09. The Labute approximate surface area is 157 Å². The van der Waals surface area contributed by atoms with Gasteiger partial charge in [-0.2, -0.15) is 0 Å². The smallest absolute Gasteiger partial charge is 0.308 e. The van der Waals surface area contributed by atoms with E-state index in [4.69, 9.17) is 4.74 Å². The second-order valence-corrected chi connectivity index (χ2v) is 7.42. The fourth-order valence-corrected chi connectivity index (χ4v) is 3.54. The Kier molecular flexibility index (Phi) is 7.26. The minimum absolute atomic E-state index is 0.296. The summed E-state index contributed by atoms with van der Waals surface area (Å²) < 4.78 is 5.15. The van der Waals surface area contributed by atoms with Gasteiger partial charge in [0.25, 0.3) is 0 Å². The van der Waals surface area contributed by atoms with Crippen molar-refractivity contribution in [2.24, 2.45) is 5.92 Å². The first kappa shape index (κ1) is 20.0. The van der Waals surface area contributed by atoms with Gasteiger partial charge in [-0.05, 0) is 72.4 Å². The number of carbonyl (C=O) groups excluding carboxylic acids is 1. The maximum absolute atomic E-state index is 11.1. The molecule has 0 amide bonds. The van der Waals surface area contributed by atoms with Gasteiger partial charge in [0, 0.05) is 6.92 Å². The van der Waals surface area contributed by atoms with Crippen LogP contribution in [0, 0.1) is 5.92 Å². The predicted octanol–water partition coefficient (Wildman–Crippen LogP) is 6.03. The summed E-state index contributed by atoms with van der Waals surface area (Å²) in [7, 11) is 0. The second kappa shape index (κ2) is 9.42. The lowest BCUT2D eigenvalue weighted by molar-refractivity contribution is -0.131. The summed E-state index contributed by atoms with van der Waals surface area (Å²) in [6, 6.07) is 15.5. The first-order valence-electron chi connectivity index (χ1n) is 9.46. The molecule has 0 aliphatic carbocycles. The molecule has 26 heavy (non-hydrogen) atoms. The molecule has 2 aromatic carbocycles. The Hall–Kier alpha value is -2.29. The van der Waals surface area contributed by atoms with E-state index in [0.29, 0.717) is 29.3 Å². The van der Waals surface area contributed by atoms with Crippen LogP contribution in [0.2, 0.25) is 0 Å². The topological polar surface area (TPSA) is 46.5 Å². The first-order chi connectivity index (χ1) is 12.4. The Balaban J connectivity index is 2.20. The number of esters is 1. The fourth-order valence-electron chi connectivity index (χ4n) is 3.54. The third-order valence-corrected chi connectivity index (χ3v) is 4.80. The number of hydrogen-bond donors (Lipinski definition) is 1. The molecule has 2 unspecified atom stereocenters. The van der Waals surface area contributed by atoms with Gasteiger partial charge < -0.3 is 9.84 Å². The van der Waals surface area contributed by atoms with E-state index in [0.717, 1.165) is 19.3 Å². The van der Waals surface area contributed by atoms with E-state index in [1.54, 1.807) is 12.1 Å². The first-order valence-corrected chi connectivity index (χ1v) is 9.46. The SMILES string of the molecule is CCC(CC(CC(C)C)c1ccc(OC(C)=O)cc1)c1ccc(O)cc1. The summed E-state index contributed by atoms with van der Waals surface area (Å²) in [6.45, 7) is 8.14. The maximum atomic E-state index is 11.1. The number of rotatable bonds is 8. The molecule has 2 rings (SSSR count). The number of benzene rings is 2. The molecule has 0 saturated carbocycles. The van der Waals surface area contributed by atoms with E-state index < -0.39 is 0 Å². The van der Waals surface area contributed by atoms with Crippen LogP contribution in [0.25, 0.3) is 0 Å². The van der Waals surface area contributed by atoms with E-state index in [1.807, 2.05) is 24.3 Å². The summed E-state index contributed by atoms with van der Waals surface area (Å²) in [5, 5.41) is 9.54. The highest BCUT2D eigenvalue weighted by Gasteiger charge is 2.20. The highest BCUT2D eigenvalue weighted by Crippen LogP contribution is 2.37. The number of aromatic hydroxyl groups is 1. The van der Waals surface area contributed by atoms with Crippen LogP contribution in [0.15, 0.2) is 48.5 Å². The molecule has 1 N–H and O–H groups in total. The molecule has 0 saturated heterocycles. The van der Waals surface area contributed by atoms with Crippen molar-refractivity contribution in [3.8, 4) is 11.5 Å². The molecule has 2 aromatic rings. The average molecular weight is 354 g/mol. The Morgan fingerprint density at radius 2 is 1.46 bits per heavy atom. The Morgan fingerprint density at radius 1 is 0.923 bits per heavy atom. The summed E-state index contributed by atoms with van der Waals surface area (Å²) in [4.78, 5) is 11.1. The minimum Gasteiger partial charge on any atom is -0.508 e. The summed E-state index contributed by atoms with van der Waals surface area (Å²) in [6.07, 6.45) is 3.23. The van der Waals surface area contributed by atoms with E-state index in [1.165, 1.54) is 18.1 Å². The van der Waals surface area contributed by atoms with Gasteiger partial charge in [-0.15, -0.1) is 0 Å². The Morgan fingerprint density at radius 3 is 1.96 bits per heavy atom. The van der Waals surface area contributed by atoms with Crippen molar-refractivity contribution in [2.45, 2.75) is 58.8 Å². The molecular weight excluding hydrogens is 324 g/mol. The van der Waals surface area contributed by atoms with E-state index >= 15 is 0 Å². The molecule has 3 nitrogen and oxygen atoms in total. The molecule has 0 fully saturated rings. The number of phenolic OH excluding ortho intramolecular Hbond substituents is 1. The maximum Gasteiger partial charge on any atom is 0.308 e. The Bertz CT molecular complexity index is 686. The van der Waals surface area contributed by atoms with Crippen LogP contribution in [0.4, 0.5) is 0 Å². The highest BCUT2D eigenvalue weighted by atomic mass is 16.5. The van der Waals surface area contributed by atoms with Gasteiger partial charge >= 0.3 is 5.97 Å². The molecule has 0 radical (unpaired) electrons.